The molecule has 0 saturated carbocycles. The Balaban J connectivity index is 0.000000527. The quantitative estimate of drug-likeness (QED) is 0.582. The van der Waals surface area contributed by atoms with Crippen LogP contribution >= 0.6 is 0 Å². The summed E-state index contributed by atoms with van der Waals surface area (Å²) in [6.45, 7) is 15.1. The molecule has 1 aromatic carbocycles. The lowest BCUT2D eigenvalue weighted by Gasteiger charge is -2.34. The summed E-state index contributed by atoms with van der Waals surface area (Å²) in [6.07, 6.45) is 2.48. The lowest BCUT2D eigenvalue weighted by Crippen LogP contribution is -2.39. The molecule has 0 bridgehead atoms. The fourth-order valence-electron chi connectivity index (χ4n) is 3.29. The molecular formula is C21H31NO5. The molecule has 2 rings (SSSR count). The molecule has 0 amide bonds. The Morgan fingerprint density at radius 1 is 1.11 bits per heavy atom. The van der Waals surface area contributed by atoms with Gasteiger partial charge in [0.05, 0.1) is 6.61 Å². The Hall–Kier alpha value is -2.34. The Kier molecular flexibility index (Phi) is 9.58. The van der Waals surface area contributed by atoms with Gasteiger partial charge in [-0.1, -0.05) is 38.1 Å². The van der Waals surface area contributed by atoms with E-state index in [1.54, 1.807) is 0 Å². The molecule has 1 aliphatic rings. The van der Waals surface area contributed by atoms with Crippen LogP contribution in [-0.4, -0.2) is 53.3 Å². The van der Waals surface area contributed by atoms with Crippen molar-refractivity contribution in [2.75, 3.05) is 26.2 Å². The number of aliphatic carboxylic acids is 2. The van der Waals surface area contributed by atoms with Crippen LogP contribution in [-0.2, 0) is 9.59 Å². The van der Waals surface area contributed by atoms with Crippen molar-refractivity contribution in [1.29, 1.82) is 0 Å². The first-order valence-corrected chi connectivity index (χ1v) is 9.26. The van der Waals surface area contributed by atoms with Crippen molar-refractivity contribution in [3.05, 3.63) is 36.4 Å². The topological polar surface area (TPSA) is 87.1 Å². The number of carboxylic acid groups (broad SMARTS) is 2. The average molecular weight is 377 g/mol. The minimum Gasteiger partial charge on any atom is -0.494 e. The zero-order valence-electron chi connectivity index (χ0n) is 16.5. The highest BCUT2D eigenvalue weighted by Crippen LogP contribution is 2.21. The van der Waals surface area contributed by atoms with Crippen LogP contribution in [0.4, 0.5) is 0 Å². The number of nitrogens with zero attached hydrogens (tertiary/aromatic N) is 1. The first-order valence-electron chi connectivity index (χ1n) is 9.26. The van der Waals surface area contributed by atoms with Crippen LogP contribution in [0.2, 0.25) is 0 Å². The van der Waals surface area contributed by atoms with Gasteiger partial charge in [-0.3, -0.25) is 0 Å². The maximum atomic E-state index is 9.10. The van der Waals surface area contributed by atoms with Gasteiger partial charge < -0.3 is 19.8 Å². The second kappa shape index (κ2) is 11.4. The van der Waals surface area contributed by atoms with E-state index in [1.165, 1.54) is 25.1 Å². The van der Waals surface area contributed by atoms with Gasteiger partial charge in [-0.25, -0.2) is 9.59 Å². The molecule has 1 aliphatic heterocycles. The van der Waals surface area contributed by atoms with E-state index in [9.17, 15) is 0 Å². The van der Waals surface area contributed by atoms with Crippen molar-refractivity contribution >= 4 is 17.5 Å². The Morgan fingerprint density at radius 2 is 1.63 bits per heavy atom. The summed E-state index contributed by atoms with van der Waals surface area (Å²) in [5.41, 5.74) is 2.27. The molecule has 0 radical (unpaired) electrons. The Labute approximate surface area is 161 Å². The summed E-state index contributed by atoms with van der Waals surface area (Å²) < 4.78 is 5.83. The standard InChI is InChI=1S/C19H29NO.C2H2O4/c1-15(2)18-6-8-19(9-7-18)21-11-5-10-20-13-16(3)12-17(4)14-20;3-1(4)2(5)6/h6-9,16-17H,1,5,10-14H2,2-4H3;(H,3,4)(H,5,6)/t16-,17?;/m0./s1. The molecule has 1 fully saturated rings. The highest BCUT2D eigenvalue weighted by atomic mass is 16.5. The van der Waals surface area contributed by atoms with Crippen molar-refractivity contribution in [2.24, 2.45) is 11.8 Å². The number of carboxylic acids is 2. The molecule has 27 heavy (non-hydrogen) atoms. The first kappa shape index (κ1) is 22.7. The maximum Gasteiger partial charge on any atom is 0.414 e. The minimum absolute atomic E-state index is 0.797. The van der Waals surface area contributed by atoms with Gasteiger partial charge in [0, 0.05) is 19.6 Å². The molecule has 1 unspecified atom stereocenters. The van der Waals surface area contributed by atoms with Crippen LogP contribution in [0.5, 0.6) is 5.75 Å². The minimum atomic E-state index is -1.82. The molecular weight excluding hydrogens is 346 g/mol. The van der Waals surface area contributed by atoms with E-state index in [1.807, 2.05) is 19.1 Å². The predicted molar refractivity (Wildman–Crippen MR) is 106 cm³/mol. The summed E-state index contributed by atoms with van der Waals surface area (Å²) in [5, 5.41) is 14.8. The summed E-state index contributed by atoms with van der Waals surface area (Å²) in [6, 6.07) is 8.22. The van der Waals surface area contributed by atoms with E-state index >= 15 is 0 Å². The summed E-state index contributed by atoms with van der Waals surface area (Å²) >= 11 is 0. The molecule has 1 saturated heterocycles. The number of likely N-dealkylation sites (tertiary alicyclic amines) is 1. The van der Waals surface area contributed by atoms with Crippen LogP contribution in [0.15, 0.2) is 30.8 Å². The van der Waals surface area contributed by atoms with Gasteiger partial charge in [0.15, 0.2) is 0 Å². The molecule has 0 aromatic heterocycles. The van der Waals surface area contributed by atoms with E-state index in [-0.39, 0.29) is 0 Å². The largest absolute Gasteiger partial charge is 0.494 e. The van der Waals surface area contributed by atoms with Crippen LogP contribution in [0, 0.1) is 11.8 Å². The van der Waals surface area contributed by atoms with E-state index in [0.717, 1.165) is 42.7 Å². The zero-order valence-corrected chi connectivity index (χ0v) is 16.5. The second-order valence-corrected chi connectivity index (χ2v) is 7.32. The van der Waals surface area contributed by atoms with Crippen molar-refractivity contribution in [2.45, 2.75) is 33.6 Å². The van der Waals surface area contributed by atoms with Crippen molar-refractivity contribution in [1.82, 2.24) is 4.90 Å². The normalized spacial score (nSPS) is 19.5. The number of piperidine rings is 1. The molecule has 1 aromatic rings. The van der Waals surface area contributed by atoms with E-state index < -0.39 is 11.9 Å². The number of hydrogen-bond donors (Lipinski definition) is 2. The monoisotopic (exact) mass is 377 g/mol. The maximum absolute atomic E-state index is 9.10. The zero-order chi connectivity index (χ0) is 20.4. The smallest absolute Gasteiger partial charge is 0.414 e. The summed E-state index contributed by atoms with van der Waals surface area (Å²) in [7, 11) is 0. The van der Waals surface area contributed by atoms with Crippen molar-refractivity contribution in [3.63, 3.8) is 0 Å². The van der Waals surface area contributed by atoms with Gasteiger partial charge in [0.2, 0.25) is 0 Å². The van der Waals surface area contributed by atoms with E-state index in [2.05, 4.69) is 37.5 Å². The highest BCUT2D eigenvalue weighted by Gasteiger charge is 2.20. The summed E-state index contributed by atoms with van der Waals surface area (Å²) in [5.74, 6) is -1.01. The van der Waals surface area contributed by atoms with E-state index in [4.69, 9.17) is 24.5 Å². The molecule has 2 N–H and O–H groups in total. The molecule has 150 valence electrons. The lowest BCUT2D eigenvalue weighted by atomic mass is 9.92. The molecule has 6 heteroatoms. The Bertz CT molecular complexity index is 604. The number of allylic oxidation sites excluding steroid dienone is 1. The van der Waals surface area contributed by atoms with Gasteiger partial charge in [-0.05, 0) is 49.3 Å². The van der Waals surface area contributed by atoms with Gasteiger partial charge in [-0.2, -0.15) is 0 Å². The molecule has 6 nitrogen and oxygen atoms in total. The van der Waals surface area contributed by atoms with Crippen LogP contribution < -0.4 is 4.74 Å². The van der Waals surface area contributed by atoms with Gasteiger partial charge in [0.1, 0.15) is 5.75 Å². The third kappa shape index (κ3) is 9.24. The van der Waals surface area contributed by atoms with Crippen LogP contribution in [0.25, 0.3) is 5.57 Å². The van der Waals surface area contributed by atoms with Crippen molar-refractivity contribution < 1.29 is 24.5 Å². The van der Waals surface area contributed by atoms with Gasteiger partial charge >= 0.3 is 11.9 Å². The Morgan fingerprint density at radius 3 is 2.07 bits per heavy atom. The highest BCUT2D eigenvalue weighted by molar-refractivity contribution is 6.27. The first-order chi connectivity index (χ1) is 12.7. The number of ether oxygens (including phenoxy) is 1. The third-order valence-electron chi connectivity index (χ3n) is 4.36. The number of rotatable bonds is 6. The van der Waals surface area contributed by atoms with Gasteiger partial charge in [-0.15, -0.1) is 0 Å². The number of hydrogen-bond acceptors (Lipinski definition) is 4. The number of carbonyl (C=O) groups is 2. The van der Waals surface area contributed by atoms with E-state index in [0.29, 0.717) is 0 Å². The van der Waals surface area contributed by atoms with Crippen LogP contribution in [0.3, 0.4) is 0 Å². The average Bonchev–Trinajstić information content (AvgIpc) is 2.59. The third-order valence-corrected chi connectivity index (χ3v) is 4.36. The molecule has 2 atom stereocenters. The van der Waals surface area contributed by atoms with Crippen LogP contribution in [0.1, 0.15) is 39.2 Å². The fraction of sp³-hybridized carbons (Fsp3) is 0.524. The van der Waals surface area contributed by atoms with Crippen molar-refractivity contribution in [3.8, 4) is 5.75 Å². The predicted octanol–water partition coefficient (Wildman–Crippen LogP) is 3.62. The fourth-order valence-corrected chi connectivity index (χ4v) is 3.29. The summed E-state index contributed by atoms with van der Waals surface area (Å²) in [4.78, 5) is 20.8. The molecule has 1 heterocycles. The van der Waals surface area contributed by atoms with Gasteiger partial charge in [0.25, 0.3) is 0 Å². The second-order valence-electron chi connectivity index (χ2n) is 7.32. The molecule has 0 spiro atoms. The lowest BCUT2D eigenvalue weighted by molar-refractivity contribution is -0.159. The SMILES string of the molecule is C=C(C)c1ccc(OCCCN2CC(C)C[C@H](C)C2)cc1.O=C(O)C(=O)O. The number of benzene rings is 1. The molecule has 0 aliphatic carbocycles.